The van der Waals surface area contributed by atoms with Crippen molar-refractivity contribution < 1.29 is 4.42 Å². The molecule has 0 aliphatic rings. The first-order chi connectivity index (χ1) is 14.5. The number of benzene rings is 2. The zero-order valence-corrected chi connectivity index (χ0v) is 16.8. The van der Waals surface area contributed by atoms with E-state index in [0.717, 1.165) is 27.5 Å². The summed E-state index contributed by atoms with van der Waals surface area (Å²) in [5.41, 5.74) is 6.06. The molecule has 0 saturated heterocycles. The van der Waals surface area contributed by atoms with Crippen LogP contribution < -0.4 is 5.32 Å². The van der Waals surface area contributed by atoms with E-state index >= 15 is 0 Å². The first kappa shape index (κ1) is 17.9. The van der Waals surface area contributed by atoms with Gasteiger partial charge in [-0.3, -0.25) is 5.32 Å². The number of fused-ring (bicyclic) bond motifs is 2. The summed E-state index contributed by atoms with van der Waals surface area (Å²) < 4.78 is 7.38. The Hall–Kier alpha value is -4.18. The largest absolute Gasteiger partial charge is 0.423 e. The summed E-state index contributed by atoms with van der Waals surface area (Å²) in [5, 5.41) is 18.2. The number of hydrogen-bond donors (Lipinski definition) is 1. The Morgan fingerprint density at radius 1 is 1.03 bits per heavy atom. The lowest BCUT2D eigenvalue weighted by Gasteiger charge is -2.12. The molecule has 5 rings (SSSR count). The Labute approximate surface area is 172 Å². The van der Waals surface area contributed by atoms with E-state index in [1.165, 1.54) is 11.8 Å². The van der Waals surface area contributed by atoms with E-state index in [1.54, 1.807) is 4.68 Å². The van der Waals surface area contributed by atoms with Crippen LogP contribution in [0.4, 0.5) is 11.8 Å². The summed E-state index contributed by atoms with van der Waals surface area (Å²) in [7, 11) is 0. The van der Waals surface area contributed by atoms with Gasteiger partial charge in [-0.2, -0.15) is 20.0 Å². The molecule has 5 aromatic rings. The fourth-order valence-electron chi connectivity index (χ4n) is 3.69. The van der Waals surface area contributed by atoms with Crippen LogP contribution in [-0.2, 0) is 0 Å². The maximum Gasteiger partial charge on any atom is 0.301 e. The molecule has 2 aromatic carbocycles. The number of oxazole rings is 1. The lowest BCUT2D eigenvalue weighted by molar-refractivity contribution is 0.621. The number of hydrogen-bond acceptors (Lipinski definition) is 6. The molecule has 30 heavy (non-hydrogen) atoms. The van der Waals surface area contributed by atoms with E-state index < -0.39 is 0 Å². The van der Waals surface area contributed by atoms with Gasteiger partial charge in [0, 0.05) is 5.39 Å². The molecule has 7 heteroatoms. The van der Waals surface area contributed by atoms with Crippen LogP contribution in [0.2, 0.25) is 0 Å². The number of nitrogens with zero attached hydrogens (tertiary/aromatic N) is 5. The van der Waals surface area contributed by atoms with Gasteiger partial charge < -0.3 is 4.42 Å². The minimum Gasteiger partial charge on any atom is -0.423 e. The third kappa shape index (κ3) is 2.86. The van der Waals surface area contributed by atoms with Gasteiger partial charge in [-0.15, -0.1) is 0 Å². The maximum atomic E-state index is 9.58. The van der Waals surface area contributed by atoms with Gasteiger partial charge in [0.1, 0.15) is 17.1 Å². The second-order valence-electron chi connectivity index (χ2n) is 7.32. The number of anilines is 2. The lowest BCUT2D eigenvalue weighted by atomic mass is 10.0. The Kier molecular flexibility index (Phi) is 4.00. The number of nitriles is 1. The highest BCUT2D eigenvalue weighted by Crippen LogP contribution is 2.28. The van der Waals surface area contributed by atoms with Gasteiger partial charge in [0.2, 0.25) is 0 Å². The highest BCUT2D eigenvalue weighted by Gasteiger charge is 2.17. The molecule has 146 valence electrons. The fourth-order valence-corrected chi connectivity index (χ4v) is 3.69. The normalized spacial score (nSPS) is 11.1. The van der Waals surface area contributed by atoms with Gasteiger partial charge in [0.25, 0.3) is 0 Å². The molecule has 3 heterocycles. The third-order valence-electron chi connectivity index (χ3n) is 5.07. The van der Waals surface area contributed by atoms with E-state index in [4.69, 9.17) is 9.40 Å². The molecule has 1 N–H and O–H groups in total. The van der Waals surface area contributed by atoms with Crippen LogP contribution in [0.15, 0.2) is 53.1 Å². The SMILES string of the molecule is Cc1cc(C)c2nc(-n3ncc(C#N)c3Nc3nc4ccccc4o3)cc(C)c2c1. The summed E-state index contributed by atoms with van der Waals surface area (Å²) in [5.74, 6) is 1.08. The van der Waals surface area contributed by atoms with Crippen LogP contribution in [0.1, 0.15) is 22.3 Å². The van der Waals surface area contributed by atoms with Crippen LogP contribution in [0.25, 0.3) is 27.8 Å². The quantitative estimate of drug-likeness (QED) is 0.457. The van der Waals surface area contributed by atoms with E-state index in [-0.39, 0.29) is 0 Å². The van der Waals surface area contributed by atoms with Gasteiger partial charge >= 0.3 is 6.01 Å². The molecule has 0 unspecified atom stereocenters. The minimum atomic E-state index is 0.291. The van der Waals surface area contributed by atoms with Crippen molar-refractivity contribution in [3.8, 4) is 11.9 Å². The molecule has 0 bridgehead atoms. The van der Waals surface area contributed by atoms with Gasteiger partial charge in [0.05, 0.1) is 11.7 Å². The van der Waals surface area contributed by atoms with E-state index in [9.17, 15) is 5.26 Å². The zero-order chi connectivity index (χ0) is 20.8. The second kappa shape index (κ2) is 6.71. The average Bonchev–Trinajstić information content (AvgIpc) is 3.32. The number of nitrogens with one attached hydrogen (secondary N) is 1. The number of para-hydroxylation sites is 2. The Bertz CT molecular complexity index is 1440. The predicted octanol–water partition coefficient (Wildman–Crippen LogP) is 5.10. The Morgan fingerprint density at radius 3 is 2.67 bits per heavy atom. The summed E-state index contributed by atoms with van der Waals surface area (Å²) in [4.78, 5) is 9.28. The molecule has 0 amide bonds. The molecular formula is C23H18N6O. The summed E-state index contributed by atoms with van der Waals surface area (Å²) in [6.07, 6.45) is 1.51. The number of aryl methyl sites for hydroxylation is 3. The Morgan fingerprint density at radius 2 is 1.87 bits per heavy atom. The molecular weight excluding hydrogens is 376 g/mol. The van der Waals surface area contributed by atoms with Crippen molar-refractivity contribution in [2.45, 2.75) is 20.8 Å². The molecule has 0 atom stereocenters. The number of rotatable bonds is 3. The third-order valence-corrected chi connectivity index (χ3v) is 5.07. The molecule has 0 saturated carbocycles. The zero-order valence-electron chi connectivity index (χ0n) is 16.8. The smallest absolute Gasteiger partial charge is 0.301 e. The average molecular weight is 394 g/mol. The molecule has 0 aliphatic carbocycles. The predicted molar refractivity (Wildman–Crippen MR) is 115 cm³/mol. The molecule has 0 radical (unpaired) electrons. The monoisotopic (exact) mass is 394 g/mol. The van der Waals surface area contributed by atoms with Gasteiger partial charge in [-0.1, -0.05) is 23.8 Å². The molecule has 0 fully saturated rings. The first-order valence-corrected chi connectivity index (χ1v) is 9.53. The highest BCUT2D eigenvalue weighted by molar-refractivity contribution is 5.86. The fraction of sp³-hybridized carbons (Fsp3) is 0.130. The van der Waals surface area contributed by atoms with E-state index in [1.807, 2.05) is 37.3 Å². The lowest BCUT2D eigenvalue weighted by Crippen LogP contribution is -2.06. The molecule has 7 nitrogen and oxygen atoms in total. The van der Waals surface area contributed by atoms with Gasteiger partial charge in [-0.25, -0.2) is 4.98 Å². The van der Waals surface area contributed by atoms with Crippen molar-refractivity contribution in [3.63, 3.8) is 0 Å². The van der Waals surface area contributed by atoms with E-state index in [2.05, 4.69) is 47.4 Å². The number of pyridine rings is 1. The van der Waals surface area contributed by atoms with Crippen molar-refractivity contribution in [2.75, 3.05) is 5.32 Å². The van der Waals surface area contributed by atoms with Crippen LogP contribution in [0.3, 0.4) is 0 Å². The van der Waals surface area contributed by atoms with Crippen LogP contribution in [-0.4, -0.2) is 19.7 Å². The molecule has 3 aromatic heterocycles. The minimum absolute atomic E-state index is 0.291. The van der Waals surface area contributed by atoms with Crippen molar-refractivity contribution in [3.05, 3.63) is 70.9 Å². The summed E-state index contributed by atoms with van der Waals surface area (Å²) in [6, 6.07) is 16.2. The standard InChI is InChI=1S/C23H18N6O/c1-13-8-15(3)21-17(9-13)14(2)10-20(27-21)29-22(16(11-24)12-25-29)28-23-26-18-6-4-5-7-19(18)30-23/h4-10,12H,1-3H3,(H,26,28). The van der Waals surface area contributed by atoms with Gasteiger partial charge in [-0.05, 0) is 56.2 Å². The highest BCUT2D eigenvalue weighted by atomic mass is 16.4. The van der Waals surface area contributed by atoms with Crippen molar-refractivity contribution >= 4 is 33.8 Å². The van der Waals surface area contributed by atoms with Crippen molar-refractivity contribution in [2.24, 2.45) is 0 Å². The van der Waals surface area contributed by atoms with Crippen LogP contribution in [0.5, 0.6) is 0 Å². The number of aromatic nitrogens is 4. The van der Waals surface area contributed by atoms with Crippen molar-refractivity contribution in [1.82, 2.24) is 19.7 Å². The topological polar surface area (TPSA) is 92.6 Å². The maximum absolute atomic E-state index is 9.58. The van der Waals surface area contributed by atoms with Crippen LogP contribution >= 0.6 is 0 Å². The summed E-state index contributed by atoms with van der Waals surface area (Å²) in [6.45, 7) is 6.18. The van der Waals surface area contributed by atoms with Gasteiger partial charge in [0.15, 0.2) is 17.2 Å². The first-order valence-electron chi connectivity index (χ1n) is 9.53. The summed E-state index contributed by atoms with van der Waals surface area (Å²) >= 11 is 0. The van der Waals surface area contributed by atoms with E-state index in [0.29, 0.717) is 28.8 Å². The Balaban J connectivity index is 1.65. The van der Waals surface area contributed by atoms with Crippen LogP contribution in [0, 0.1) is 32.1 Å². The molecule has 0 aliphatic heterocycles. The second-order valence-corrected chi connectivity index (χ2v) is 7.32. The molecule has 0 spiro atoms. The van der Waals surface area contributed by atoms with Crippen molar-refractivity contribution in [1.29, 1.82) is 5.26 Å².